The normalized spacial score (nSPS) is 10.8. The molecule has 2 amide bonds. The lowest BCUT2D eigenvalue weighted by atomic mass is 9.94. The number of nitrogens with one attached hydrogen (secondary N) is 1. The SMILES string of the molecule is CCCCN(CCCC)C(=O)c1[nH]c(C(N)=O)c(-c2ccccc2)c1-c1ccccc1. The second-order valence-electron chi connectivity index (χ2n) is 7.72. The Labute approximate surface area is 184 Å². The van der Waals surface area contributed by atoms with Crippen molar-refractivity contribution in [3.8, 4) is 22.3 Å². The molecule has 0 saturated heterocycles. The predicted octanol–water partition coefficient (Wildman–Crippen LogP) is 5.49. The van der Waals surface area contributed by atoms with Gasteiger partial charge in [-0.25, -0.2) is 0 Å². The summed E-state index contributed by atoms with van der Waals surface area (Å²) in [6.07, 6.45) is 3.89. The molecule has 5 heteroatoms. The molecule has 0 radical (unpaired) electrons. The van der Waals surface area contributed by atoms with Gasteiger partial charge in [-0.3, -0.25) is 9.59 Å². The first-order valence-electron chi connectivity index (χ1n) is 11.0. The van der Waals surface area contributed by atoms with Crippen LogP contribution < -0.4 is 5.73 Å². The third-order valence-electron chi connectivity index (χ3n) is 5.44. The minimum atomic E-state index is -0.580. The third kappa shape index (κ3) is 5.05. The van der Waals surface area contributed by atoms with E-state index in [4.69, 9.17) is 5.73 Å². The molecule has 0 bridgehead atoms. The number of aromatic nitrogens is 1. The number of nitrogens with zero attached hydrogens (tertiary/aromatic N) is 1. The first-order chi connectivity index (χ1) is 15.1. The minimum absolute atomic E-state index is 0.0922. The van der Waals surface area contributed by atoms with Crippen LogP contribution in [0.5, 0.6) is 0 Å². The van der Waals surface area contributed by atoms with Crippen LogP contribution in [0.1, 0.15) is 60.5 Å². The Hall–Kier alpha value is -3.34. The summed E-state index contributed by atoms with van der Waals surface area (Å²) in [5, 5.41) is 0. The van der Waals surface area contributed by atoms with Crippen LogP contribution in [0, 0.1) is 0 Å². The minimum Gasteiger partial charge on any atom is -0.364 e. The van der Waals surface area contributed by atoms with E-state index in [2.05, 4.69) is 18.8 Å². The van der Waals surface area contributed by atoms with Crippen LogP contribution in [-0.2, 0) is 0 Å². The van der Waals surface area contributed by atoms with Crippen molar-refractivity contribution in [3.63, 3.8) is 0 Å². The van der Waals surface area contributed by atoms with Crippen molar-refractivity contribution in [2.45, 2.75) is 39.5 Å². The number of rotatable bonds is 10. The molecular weight excluding hydrogens is 386 g/mol. The van der Waals surface area contributed by atoms with Gasteiger partial charge in [0.2, 0.25) is 0 Å². The number of H-pyrrole nitrogens is 1. The zero-order chi connectivity index (χ0) is 22.2. The van der Waals surface area contributed by atoms with Crippen LogP contribution in [0.2, 0.25) is 0 Å². The molecule has 0 spiro atoms. The van der Waals surface area contributed by atoms with E-state index in [1.54, 1.807) is 0 Å². The topological polar surface area (TPSA) is 79.2 Å². The molecule has 3 rings (SSSR count). The van der Waals surface area contributed by atoms with Gasteiger partial charge < -0.3 is 15.6 Å². The Bertz CT molecular complexity index is 1000. The number of carbonyl (C=O) groups excluding carboxylic acids is 2. The smallest absolute Gasteiger partial charge is 0.270 e. The first-order valence-corrected chi connectivity index (χ1v) is 11.0. The van der Waals surface area contributed by atoms with E-state index in [9.17, 15) is 9.59 Å². The summed E-state index contributed by atoms with van der Waals surface area (Å²) in [5.74, 6) is -0.672. The fourth-order valence-electron chi connectivity index (χ4n) is 3.80. The van der Waals surface area contributed by atoms with Crippen LogP contribution in [0.3, 0.4) is 0 Å². The average Bonchev–Trinajstić information content (AvgIpc) is 3.21. The summed E-state index contributed by atoms with van der Waals surface area (Å²) in [4.78, 5) is 31.1. The highest BCUT2D eigenvalue weighted by Gasteiger charge is 2.28. The monoisotopic (exact) mass is 417 g/mol. The van der Waals surface area contributed by atoms with Gasteiger partial charge in [-0.2, -0.15) is 0 Å². The lowest BCUT2D eigenvalue weighted by Gasteiger charge is -2.22. The van der Waals surface area contributed by atoms with E-state index in [-0.39, 0.29) is 11.6 Å². The van der Waals surface area contributed by atoms with Gasteiger partial charge in [0.05, 0.1) is 0 Å². The van der Waals surface area contributed by atoms with Gasteiger partial charge in [-0.1, -0.05) is 87.4 Å². The van der Waals surface area contributed by atoms with E-state index in [1.807, 2.05) is 65.6 Å². The standard InChI is InChI=1S/C26H31N3O2/c1-3-5-17-29(18-6-4-2)26(31)24-22(20-15-11-8-12-16-20)21(23(28-24)25(27)30)19-13-9-7-10-14-19/h7-16,28H,3-6,17-18H2,1-2H3,(H2,27,30). The average molecular weight is 418 g/mol. The number of aromatic amines is 1. The Morgan fingerprint density at radius 2 is 1.23 bits per heavy atom. The maximum absolute atomic E-state index is 13.7. The van der Waals surface area contributed by atoms with Gasteiger partial charge in [-0.05, 0) is 24.0 Å². The van der Waals surface area contributed by atoms with Crippen molar-refractivity contribution < 1.29 is 9.59 Å². The molecule has 0 aliphatic rings. The quantitative estimate of drug-likeness (QED) is 0.457. The second kappa shape index (κ2) is 10.6. The van der Waals surface area contributed by atoms with Gasteiger partial charge >= 0.3 is 0 Å². The number of hydrogen-bond acceptors (Lipinski definition) is 2. The van der Waals surface area contributed by atoms with Crippen molar-refractivity contribution in [1.29, 1.82) is 0 Å². The number of hydrogen-bond donors (Lipinski definition) is 2. The molecular formula is C26H31N3O2. The Morgan fingerprint density at radius 1 is 0.774 bits per heavy atom. The number of primary amides is 1. The Morgan fingerprint density at radius 3 is 1.65 bits per heavy atom. The summed E-state index contributed by atoms with van der Waals surface area (Å²) in [5.41, 5.74) is 9.56. The number of amides is 2. The zero-order valence-electron chi connectivity index (χ0n) is 18.4. The van der Waals surface area contributed by atoms with Crippen LogP contribution in [-0.4, -0.2) is 34.8 Å². The fourth-order valence-corrected chi connectivity index (χ4v) is 3.80. The van der Waals surface area contributed by atoms with Gasteiger partial charge in [0.1, 0.15) is 11.4 Å². The predicted molar refractivity (Wildman–Crippen MR) is 126 cm³/mol. The molecule has 0 aliphatic carbocycles. The summed E-state index contributed by atoms with van der Waals surface area (Å²) >= 11 is 0. The maximum atomic E-state index is 13.7. The Balaban J connectivity index is 2.22. The molecule has 2 aromatic carbocycles. The number of nitrogens with two attached hydrogens (primary N) is 1. The van der Waals surface area contributed by atoms with Gasteiger partial charge in [0, 0.05) is 24.2 Å². The lowest BCUT2D eigenvalue weighted by Crippen LogP contribution is -2.33. The van der Waals surface area contributed by atoms with E-state index >= 15 is 0 Å². The number of carbonyl (C=O) groups is 2. The summed E-state index contributed by atoms with van der Waals surface area (Å²) < 4.78 is 0. The number of benzene rings is 2. The van der Waals surface area contributed by atoms with Crippen molar-refractivity contribution in [1.82, 2.24) is 9.88 Å². The van der Waals surface area contributed by atoms with Crippen molar-refractivity contribution >= 4 is 11.8 Å². The van der Waals surface area contributed by atoms with Crippen molar-refractivity contribution in [3.05, 3.63) is 72.1 Å². The van der Waals surface area contributed by atoms with Gasteiger partial charge in [-0.15, -0.1) is 0 Å². The second-order valence-corrected chi connectivity index (χ2v) is 7.72. The summed E-state index contributed by atoms with van der Waals surface area (Å²) in [7, 11) is 0. The fraction of sp³-hybridized carbons (Fsp3) is 0.308. The first kappa shape index (κ1) is 22.3. The van der Waals surface area contributed by atoms with E-state index in [0.717, 1.165) is 42.4 Å². The molecule has 31 heavy (non-hydrogen) atoms. The molecule has 5 nitrogen and oxygen atoms in total. The molecule has 0 unspecified atom stereocenters. The van der Waals surface area contributed by atoms with Crippen LogP contribution >= 0.6 is 0 Å². The van der Waals surface area contributed by atoms with Crippen molar-refractivity contribution in [2.24, 2.45) is 5.73 Å². The lowest BCUT2D eigenvalue weighted by molar-refractivity contribution is 0.0746. The maximum Gasteiger partial charge on any atom is 0.270 e. The highest BCUT2D eigenvalue weighted by atomic mass is 16.2. The highest BCUT2D eigenvalue weighted by molar-refractivity contribution is 6.10. The highest BCUT2D eigenvalue weighted by Crippen LogP contribution is 2.38. The Kier molecular flexibility index (Phi) is 7.65. The molecule has 0 fully saturated rings. The molecule has 1 heterocycles. The molecule has 0 saturated carbocycles. The van der Waals surface area contributed by atoms with Crippen molar-refractivity contribution in [2.75, 3.05) is 13.1 Å². The molecule has 0 aliphatic heterocycles. The van der Waals surface area contributed by atoms with Gasteiger partial charge in [0.25, 0.3) is 11.8 Å². The van der Waals surface area contributed by atoms with E-state index < -0.39 is 5.91 Å². The zero-order valence-corrected chi connectivity index (χ0v) is 18.4. The molecule has 3 N–H and O–H groups in total. The summed E-state index contributed by atoms with van der Waals surface area (Å²) in [6, 6.07) is 19.3. The third-order valence-corrected chi connectivity index (χ3v) is 5.44. The largest absolute Gasteiger partial charge is 0.364 e. The number of unbranched alkanes of at least 4 members (excludes halogenated alkanes) is 2. The van der Waals surface area contributed by atoms with E-state index in [1.165, 1.54) is 0 Å². The molecule has 1 aromatic heterocycles. The molecule has 0 atom stereocenters. The summed E-state index contributed by atoms with van der Waals surface area (Å²) in [6.45, 7) is 5.61. The van der Waals surface area contributed by atoms with Crippen LogP contribution in [0.25, 0.3) is 22.3 Å². The van der Waals surface area contributed by atoms with E-state index in [0.29, 0.717) is 24.3 Å². The molecule has 3 aromatic rings. The molecule has 162 valence electrons. The van der Waals surface area contributed by atoms with Crippen LogP contribution in [0.4, 0.5) is 0 Å². The van der Waals surface area contributed by atoms with Crippen LogP contribution in [0.15, 0.2) is 60.7 Å². The van der Waals surface area contributed by atoms with Gasteiger partial charge in [0.15, 0.2) is 0 Å².